The Hall–Kier alpha value is -16.0. The third-order valence-corrected chi connectivity index (χ3v) is 23.7. The van der Waals surface area contributed by atoms with Crippen LogP contribution >= 0.6 is 0 Å². The summed E-state index contributed by atoms with van der Waals surface area (Å²) in [4.78, 5) is 30.2. The number of aromatic nitrogens is 6. The zero-order chi connectivity index (χ0) is 79.4. The van der Waals surface area contributed by atoms with Crippen LogP contribution in [0.1, 0.15) is 0 Å². The Morgan fingerprint density at radius 1 is 0.125 bits per heavy atom. The summed E-state index contributed by atoms with van der Waals surface area (Å²) < 4.78 is 0. The van der Waals surface area contributed by atoms with Crippen molar-refractivity contribution in [2.24, 2.45) is 0 Å². The Morgan fingerprint density at radius 2 is 0.408 bits per heavy atom. The summed E-state index contributed by atoms with van der Waals surface area (Å²) in [6, 6.07) is 147. The SMILES string of the molecule is c1cc(-c2ccc3ccccc3c2)cc(-c2cc(-c3ccc(-c4cncc5ccccc45)cc3)nc(-c3ccc(-c4cc5ccccc5c5ccccc45)cc3)n2)c1.c1cc(-c2nc(-c3ccc(-c4cncc5ccccc45)cc3)cc(-c3ccc(-c4cc5ccccc5c5ccccc45)cc3)n2)cc(-c2cc3ccccc3c3ccccc23)c1. The summed E-state index contributed by atoms with van der Waals surface area (Å²) >= 11 is 0. The van der Waals surface area contributed by atoms with Gasteiger partial charge in [0, 0.05) is 80.1 Å². The van der Waals surface area contributed by atoms with Crippen LogP contribution in [0.2, 0.25) is 0 Å². The van der Waals surface area contributed by atoms with Gasteiger partial charge in [-0.25, -0.2) is 19.9 Å². The number of benzene rings is 19. The van der Waals surface area contributed by atoms with Crippen molar-refractivity contribution in [3.8, 4) is 135 Å². The van der Waals surface area contributed by atoms with Crippen LogP contribution in [-0.2, 0) is 0 Å². The van der Waals surface area contributed by atoms with Crippen LogP contribution < -0.4 is 0 Å². The highest BCUT2D eigenvalue weighted by atomic mass is 14.9. The fourth-order valence-corrected chi connectivity index (χ4v) is 17.6. The van der Waals surface area contributed by atoms with Crippen molar-refractivity contribution in [2.45, 2.75) is 0 Å². The van der Waals surface area contributed by atoms with Gasteiger partial charge < -0.3 is 0 Å². The Balaban J connectivity index is 0.000000144. The van der Waals surface area contributed by atoms with Gasteiger partial charge in [-0.1, -0.05) is 364 Å². The van der Waals surface area contributed by atoms with Crippen LogP contribution in [0.15, 0.2) is 437 Å². The van der Waals surface area contributed by atoms with Crippen LogP contribution in [0, 0.1) is 0 Å². The first-order chi connectivity index (χ1) is 59.4. The molecule has 120 heavy (non-hydrogen) atoms. The summed E-state index contributed by atoms with van der Waals surface area (Å²) in [5.41, 5.74) is 23.3. The maximum Gasteiger partial charge on any atom is 0.160 e. The Labute approximate surface area is 694 Å². The summed E-state index contributed by atoms with van der Waals surface area (Å²) in [5, 5.41) is 22.0. The highest BCUT2D eigenvalue weighted by Crippen LogP contribution is 2.43. The van der Waals surface area contributed by atoms with E-state index in [1.165, 1.54) is 114 Å². The number of nitrogens with zero attached hydrogens (tertiary/aromatic N) is 6. The summed E-state index contributed by atoms with van der Waals surface area (Å²) in [7, 11) is 0. The molecule has 0 bridgehead atoms. The zero-order valence-corrected chi connectivity index (χ0v) is 65.3. The molecule has 23 rings (SSSR count). The average Bonchev–Trinajstić information content (AvgIpc) is 0.767. The molecule has 0 atom stereocenters. The average molecular weight is 1530 g/mol. The van der Waals surface area contributed by atoms with Gasteiger partial charge in [0.25, 0.3) is 0 Å². The molecule has 4 aromatic heterocycles. The van der Waals surface area contributed by atoms with Crippen LogP contribution in [0.5, 0.6) is 0 Å². The minimum atomic E-state index is 0.677. The predicted octanol–water partition coefficient (Wildman–Crippen LogP) is 30.1. The van der Waals surface area contributed by atoms with Crippen LogP contribution in [-0.4, -0.2) is 29.9 Å². The third-order valence-electron chi connectivity index (χ3n) is 23.7. The Morgan fingerprint density at radius 3 is 0.850 bits per heavy atom. The maximum atomic E-state index is 5.32. The van der Waals surface area contributed by atoms with Gasteiger partial charge in [-0.15, -0.1) is 0 Å². The van der Waals surface area contributed by atoms with Crippen molar-refractivity contribution in [2.75, 3.05) is 0 Å². The molecule has 23 aromatic rings. The summed E-state index contributed by atoms with van der Waals surface area (Å²) in [6.45, 7) is 0. The molecule has 0 aliphatic heterocycles. The first-order valence-electron chi connectivity index (χ1n) is 40.7. The largest absolute Gasteiger partial charge is 0.263 e. The van der Waals surface area contributed by atoms with E-state index in [4.69, 9.17) is 19.9 Å². The van der Waals surface area contributed by atoms with Crippen molar-refractivity contribution in [3.63, 3.8) is 0 Å². The van der Waals surface area contributed by atoms with Gasteiger partial charge in [-0.2, -0.15) is 0 Å². The van der Waals surface area contributed by atoms with Gasteiger partial charge in [0.15, 0.2) is 11.6 Å². The van der Waals surface area contributed by atoms with E-state index in [1.54, 1.807) is 0 Å². The number of hydrogen-bond acceptors (Lipinski definition) is 6. The molecule has 6 nitrogen and oxygen atoms in total. The molecular formula is C114H72N6. The van der Waals surface area contributed by atoms with E-state index in [1.807, 2.05) is 24.8 Å². The highest BCUT2D eigenvalue weighted by Gasteiger charge is 2.20. The van der Waals surface area contributed by atoms with Crippen molar-refractivity contribution < 1.29 is 0 Å². The molecule has 0 saturated carbocycles. The minimum absolute atomic E-state index is 0.677. The van der Waals surface area contributed by atoms with E-state index < -0.39 is 0 Å². The molecule has 19 aromatic carbocycles. The number of pyridine rings is 2. The lowest BCUT2D eigenvalue weighted by atomic mass is 9.92. The molecular weight excluding hydrogens is 1450 g/mol. The second-order valence-electron chi connectivity index (χ2n) is 30.8. The smallest absolute Gasteiger partial charge is 0.160 e. The fraction of sp³-hybridized carbons (Fsp3) is 0. The molecule has 0 aliphatic rings. The molecule has 558 valence electrons. The normalized spacial score (nSPS) is 11.5. The lowest BCUT2D eigenvalue weighted by Gasteiger charge is -2.14. The standard InChI is InChI=1S/C59H37N3.C55H35N3/c1-4-17-47-43(12-1)33-54(52-22-9-7-20-50(47)52)38-24-28-40(29-25-38)57-35-58(41-30-26-39(27-31-41)56-37-60-36-46-14-3-6-19-49(46)56)62-59(61-57)45-16-11-15-42(32-45)55-34-44-13-2-5-18-48(44)51-21-8-10-23-53(51)55;1-2-11-41-30-43(29-20-36(41)10-1)42-14-9-15-45(31-42)54-33-53(39-25-21-38(22-26-39)52-35-56-34-46-13-4-6-17-48(46)52)57-55(58-54)40-27-23-37(24-28-40)51-32-44-12-3-5-16-47(44)49-18-7-8-19-50(49)51/h1-37H;1-35H. The zero-order valence-electron chi connectivity index (χ0n) is 65.3. The highest BCUT2D eigenvalue weighted by molar-refractivity contribution is 6.17. The van der Waals surface area contributed by atoms with Gasteiger partial charge >= 0.3 is 0 Å². The fourth-order valence-electron chi connectivity index (χ4n) is 17.6. The van der Waals surface area contributed by atoms with Crippen LogP contribution in [0.25, 0.3) is 232 Å². The molecule has 0 radical (unpaired) electrons. The predicted molar refractivity (Wildman–Crippen MR) is 502 cm³/mol. The van der Waals surface area contributed by atoms with Gasteiger partial charge in [0.05, 0.1) is 22.8 Å². The topological polar surface area (TPSA) is 77.3 Å². The van der Waals surface area contributed by atoms with Gasteiger partial charge in [-0.05, 0) is 190 Å². The quantitative estimate of drug-likeness (QED) is 0.113. The molecule has 0 saturated heterocycles. The monoisotopic (exact) mass is 1520 g/mol. The van der Waals surface area contributed by atoms with E-state index in [2.05, 4.69) is 422 Å². The molecule has 0 fully saturated rings. The first-order valence-corrected chi connectivity index (χ1v) is 40.7. The maximum absolute atomic E-state index is 5.32. The molecule has 6 heteroatoms. The van der Waals surface area contributed by atoms with E-state index in [0.29, 0.717) is 11.6 Å². The molecule has 0 amide bonds. The lowest BCUT2D eigenvalue weighted by Crippen LogP contribution is -1.96. The Bertz CT molecular complexity index is 7940. The molecule has 0 aliphatic carbocycles. The van der Waals surface area contributed by atoms with Crippen molar-refractivity contribution >= 4 is 97.0 Å². The van der Waals surface area contributed by atoms with Crippen LogP contribution in [0.3, 0.4) is 0 Å². The molecule has 0 spiro atoms. The van der Waals surface area contributed by atoms with Crippen molar-refractivity contribution in [1.82, 2.24) is 29.9 Å². The lowest BCUT2D eigenvalue weighted by molar-refractivity contribution is 1.18. The molecule has 0 unspecified atom stereocenters. The van der Waals surface area contributed by atoms with E-state index >= 15 is 0 Å². The van der Waals surface area contributed by atoms with Crippen LogP contribution in [0.4, 0.5) is 0 Å². The number of fused-ring (bicyclic) bond motifs is 12. The second kappa shape index (κ2) is 30.3. The van der Waals surface area contributed by atoms with E-state index in [9.17, 15) is 0 Å². The summed E-state index contributed by atoms with van der Waals surface area (Å²) in [5.74, 6) is 1.36. The van der Waals surface area contributed by atoms with E-state index in [-0.39, 0.29) is 0 Å². The van der Waals surface area contributed by atoms with Gasteiger partial charge in [0.2, 0.25) is 0 Å². The van der Waals surface area contributed by atoms with Gasteiger partial charge in [0.1, 0.15) is 0 Å². The molecule has 4 heterocycles. The first kappa shape index (κ1) is 70.6. The van der Waals surface area contributed by atoms with Gasteiger partial charge in [-0.3, -0.25) is 9.97 Å². The second-order valence-corrected chi connectivity index (χ2v) is 30.8. The number of hydrogen-bond donors (Lipinski definition) is 0. The molecule has 0 N–H and O–H groups in total. The van der Waals surface area contributed by atoms with Crippen molar-refractivity contribution in [1.29, 1.82) is 0 Å². The van der Waals surface area contributed by atoms with E-state index in [0.717, 1.165) is 106 Å². The summed E-state index contributed by atoms with van der Waals surface area (Å²) in [6.07, 6.45) is 7.74. The minimum Gasteiger partial charge on any atom is -0.263 e. The third kappa shape index (κ3) is 13.3. The number of rotatable bonds is 12. The Kier molecular flexibility index (Phi) is 17.8. The van der Waals surface area contributed by atoms with Crippen molar-refractivity contribution in [3.05, 3.63) is 437 Å².